The van der Waals surface area contributed by atoms with Crippen LogP contribution in [0.25, 0.3) is 0 Å². The zero-order valence-electron chi connectivity index (χ0n) is 28.7. The molecule has 1 aliphatic heterocycles. The molecular weight excluding hydrogens is 558 g/mol. The van der Waals surface area contributed by atoms with Crippen LogP contribution in [0.15, 0.2) is 11.6 Å². The van der Waals surface area contributed by atoms with E-state index in [1.54, 1.807) is 0 Å². The lowest BCUT2D eigenvalue weighted by Gasteiger charge is -2.70. The van der Waals surface area contributed by atoms with Crippen molar-refractivity contribution in [2.45, 2.75) is 119 Å². The van der Waals surface area contributed by atoms with E-state index >= 15 is 0 Å². The molecule has 0 aromatic rings. The summed E-state index contributed by atoms with van der Waals surface area (Å²) in [5.41, 5.74) is 3.81. The lowest BCUT2D eigenvalue weighted by molar-refractivity contribution is -0.267. The smallest absolute Gasteiger partial charge is 0.308 e. The predicted molar refractivity (Wildman–Crippen MR) is 168 cm³/mol. The first-order valence-corrected chi connectivity index (χ1v) is 16.8. The van der Waals surface area contributed by atoms with Crippen LogP contribution in [0.3, 0.4) is 0 Å². The number of ether oxygens (including phenoxy) is 3. The summed E-state index contributed by atoms with van der Waals surface area (Å²) in [6.07, 6.45) is 4.79. The standard InChI is InChI=1S/C36H57NO7/c1-20(2)21(3)32(7)13-14-34(9)23-11-12-26-33(8)18-42-19-36(26,24(23)15-27(39)35(34,10)28(32)30(40)41)16-25(44-22(4)38)29(33)43-17-31(5,6)37/h15,20-21,23,25-26,28-29H,11-14,16-19,37H2,1-10H3,(H,40,41)/t21-,23+,25-,26+,28-,29+,32-,33+,34-,35+,36-/m1/s1. The Hall–Kier alpha value is -1.77. The monoisotopic (exact) mass is 615 g/mol. The summed E-state index contributed by atoms with van der Waals surface area (Å²) in [5, 5.41) is 10.9. The first-order chi connectivity index (χ1) is 20.2. The average Bonchev–Trinajstić information content (AvgIpc) is 2.88. The van der Waals surface area contributed by atoms with Crippen molar-refractivity contribution in [1.29, 1.82) is 0 Å². The molecule has 0 unspecified atom stereocenters. The van der Waals surface area contributed by atoms with Gasteiger partial charge >= 0.3 is 11.9 Å². The number of carbonyl (C=O) groups is 3. The number of allylic oxidation sites excluding steroid dienone is 1. The largest absolute Gasteiger partial charge is 0.481 e. The van der Waals surface area contributed by atoms with Gasteiger partial charge in [-0.2, -0.15) is 0 Å². The summed E-state index contributed by atoms with van der Waals surface area (Å²) < 4.78 is 19.0. The molecule has 1 saturated heterocycles. The molecule has 8 nitrogen and oxygen atoms in total. The van der Waals surface area contributed by atoms with Gasteiger partial charge in [0.2, 0.25) is 0 Å². The summed E-state index contributed by atoms with van der Waals surface area (Å²) in [7, 11) is 0. The molecule has 0 aromatic carbocycles. The minimum atomic E-state index is -1.05. The van der Waals surface area contributed by atoms with E-state index in [-0.39, 0.29) is 29.5 Å². The molecular formula is C36H57NO7. The van der Waals surface area contributed by atoms with Crippen molar-refractivity contribution in [1.82, 2.24) is 0 Å². The van der Waals surface area contributed by atoms with Gasteiger partial charge < -0.3 is 25.1 Å². The lowest BCUT2D eigenvalue weighted by Crippen LogP contribution is -2.71. The van der Waals surface area contributed by atoms with Crippen LogP contribution in [0.1, 0.15) is 101 Å². The van der Waals surface area contributed by atoms with Crippen molar-refractivity contribution < 1.29 is 33.7 Å². The fourth-order valence-electron chi connectivity index (χ4n) is 11.3. The highest BCUT2D eigenvalue weighted by Crippen LogP contribution is 2.74. The molecule has 44 heavy (non-hydrogen) atoms. The molecule has 3 saturated carbocycles. The SMILES string of the molecule is CC(=O)O[C@@H]1C[C@]23COC[C@@](C)([C@@H]2CC[C@H]2C3=CC(=O)[C@@]3(C)[C@H](C(=O)O)[C@@](C)([C@H](C)C(C)C)CC[C@]23C)[C@H]1OCC(C)(C)N. The molecule has 4 fully saturated rings. The van der Waals surface area contributed by atoms with E-state index in [1.165, 1.54) is 6.92 Å². The van der Waals surface area contributed by atoms with E-state index in [0.717, 1.165) is 31.3 Å². The van der Waals surface area contributed by atoms with Gasteiger partial charge in [-0.05, 0) is 86.5 Å². The van der Waals surface area contributed by atoms with Gasteiger partial charge in [0.15, 0.2) is 5.78 Å². The first-order valence-electron chi connectivity index (χ1n) is 16.8. The number of carboxylic acid groups (broad SMARTS) is 1. The Labute approximate surface area is 264 Å². The molecule has 5 aliphatic rings. The summed E-state index contributed by atoms with van der Waals surface area (Å²) >= 11 is 0. The molecule has 0 radical (unpaired) electrons. The van der Waals surface area contributed by atoms with Crippen LogP contribution in [0.5, 0.6) is 0 Å². The molecule has 0 spiro atoms. The van der Waals surface area contributed by atoms with Crippen LogP contribution in [0.2, 0.25) is 0 Å². The Morgan fingerprint density at radius 1 is 1.11 bits per heavy atom. The molecule has 3 N–H and O–H groups in total. The minimum Gasteiger partial charge on any atom is -0.481 e. The number of hydrogen-bond acceptors (Lipinski definition) is 7. The maximum Gasteiger partial charge on any atom is 0.308 e. The third-order valence-electron chi connectivity index (χ3n) is 13.9. The normalized spacial score (nSPS) is 45.9. The molecule has 11 atom stereocenters. The molecule has 8 heteroatoms. The van der Waals surface area contributed by atoms with Crippen LogP contribution < -0.4 is 5.73 Å². The van der Waals surface area contributed by atoms with E-state index in [9.17, 15) is 19.5 Å². The molecule has 4 aliphatic carbocycles. The fourth-order valence-corrected chi connectivity index (χ4v) is 11.3. The highest BCUT2D eigenvalue weighted by molar-refractivity contribution is 6.00. The van der Waals surface area contributed by atoms with Gasteiger partial charge in [-0.15, -0.1) is 0 Å². The summed E-state index contributed by atoms with van der Waals surface area (Å²) in [6.45, 7) is 21.4. The second-order valence-corrected chi connectivity index (χ2v) is 17.3. The van der Waals surface area contributed by atoms with Crippen molar-refractivity contribution in [3.8, 4) is 0 Å². The van der Waals surface area contributed by atoms with Gasteiger partial charge in [0, 0.05) is 28.7 Å². The topological polar surface area (TPSA) is 125 Å². The Bertz CT molecular complexity index is 1240. The Morgan fingerprint density at radius 2 is 1.77 bits per heavy atom. The van der Waals surface area contributed by atoms with Crippen molar-refractivity contribution in [3.63, 3.8) is 0 Å². The molecule has 0 amide bonds. The Balaban J connectivity index is 1.64. The maximum absolute atomic E-state index is 14.7. The van der Waals surface area contributed by atoms with Gasteiger partial charge in [0.05, 0.1) is 25.7 Å². The second-order valence-electron chi connectivity index (χ2n) is 17.3. The molecule has 0 aromatic heterocycles. The molecule has 2 bridgehead atoms. The van der Waals surface area contributed by atoms with Gasteiger partial charge in [-0.25, -0.2) is 0 Å². The van der Waals surface area contributed by atoms with Crippen LogP contribution in [-0.4, -0.2) is 60.4 Å². The average molecular weight is 616 g/mol. The number of carbonyl (C=O) groups excluding carboxylic acids is 2. The summed E-state index contributed by atoms with van der Waals surface area (Å²) in [4.78, 5) is 40.5. The number of esters is 1. The third-order valence-corrected chi connectivity index (χ3v) is 13.9. The van der Waals surface area contributed by atoms with Crippen LogP contribution >= 0.6 is 0 Å². The van der Waals surface area contributed by atoms with Gasteiger partial charge in [0.25, 0.3) is 0 Å². The highest BCUT2D eigenvalue weighted by atomic mass is 16.6. The van der Waals surface area contributed by atoms with Crippen LogP contribution in [0.4, 0.5) is 0 Å². The van der Waals surface area contributed by atoms with Crippen LogP contribution in [0, 0.1) is 56.7 Å². The zero-order valence-corrected chi connectivity index (χ0v) is 28.7. The van der Waals surface area contributed by atoms with Crippen molar-refractivity contribution in [2.24, 2.45) is 62.4 Å². The number of fused-ring (bicyclic) bond motifs is 3. The molecule has 1 heterocycles. The maximum atomic E-state index is 14.7. The Kier molecular flexibility index (Phi) is 8.11. The van der Waals surface area contributed by atoms with Gasteiger partial charge in [0.1, 0.15) is 12.2 Å². The third kappa shape index (κ3) is 4.58. The van der Waals surface area contributed by atoms with E-state index in [0.29, 0.717) is 32.2 Å². The van der Waals surface area contributed by atoms with E-state index in [2.05, 4.69) is 41.5 Å². The molecule has 5 rings (SSSR count). The lowest BCUT2D eigenvalue weighted by atomic mass is 9.34. The predicted octanol–water partition coefficient (Wildman–Crippen LogP) is 5.81. The highest BCUT2D eigenvalue weighted by Gasteiger charge is 2.74. The number of carboxylic acids is 1. The number of hydrogen-bond donors (Lipinski definition) is 2. The number of rotatable bonds is 7. The van der Waals surface area contributed by atoms with Gasteiger partial charge in [-0.1, -0.05) is 54.0 Å². The Morgan fingerprint density at radius 3 is 2.34 bits per heavy atom. The zero-order chi connectivity index (χ0) is 32.8. The minimum absolute atomic E-state index is 0.0339. The second kappa shape index (κ2) is 10.6. The number of nitrogens with two attached hydrogens (primary N) is 1. The van der Waals surface area contributed by atoms with Crippen molar-refractivity contribution >= 4 is 17.7 Å². The van der Waals surface area contributed by atoms with E-state index in [1.807, 2.05) is 26.8 Å². The fraction of sp³-hybridized carbons (Fsp3) is 0.861. The number of aliphatic carboxylic acids is 1. The van der Waals surface area contributed by atoms with E-state index in [4.69, 9.17) is 19.9 Å². The first kappa shape index (κ1) is 33.6. The quantitative estimate of drug-likeness (QED) is 0.344. The number of ketones is 1. The van der Waals surface area contributed by atoms with Crippen molar-refractivity contribution in [3.05, 3.63) is 11.6 Å². The summed E-state index contributed by atoms with van der Waals surface area (Å²) in [5.74, 6) is -1.46. The van der Waals surface area contributed by atoms with Gasteiger partial charge in [-0.3, -0.25) is 14.4 Å². The van der Waals surface area contributed by atoms with Crippen LogP contribution in [-0.2, 0) is 28.6 Å². The summed E-state index contributed by atoms with van der Waals surface area (Å²) in [6, 6.07) is 0. The molecule has 248 valence electrons. The van der Waals surface area contributed by atoms with E-state index < -0.39 is 56.7 Å². The van der Waals surface area contributed by atoms with Crippen molar-refractivity contribution in [2.75, 3.05) is 19.8 Å².